The molecule has 0 radical (unpaired) electrons. The van der Waals surface area contributed by atoms with Crippen LogP contribution in [0.1, 0.15) is 6.92 Å². The second-order valence-electron chi connectivity index (χ2n) is 4.92. The molecule has 0 saturated carbocycles. The number of amides is 2. The zero-order valence-corrected chi connectivity index (χ0v) is 12.4. The van der Waals surface area contributed by atoms with Gasteiger partial charge in [0.25, 0.3) is 5.91 Å². The number of anilines is 2. The number of ether oxygens (including phenoxy) is 2. The molecule has 2 aliphatic rings. The third-order valence-electron chi connectivity index (χ3n) is 3.42. The monoisotopic (exact) mass is 302 g/mol. The average Bonchev–Trinajstić information content (AvgIpc) is 2.89. The molecule has 116 valence electrons. The first kappa shape index (κ1) is 15.9. The first-order valence-electron chi connectivity index (χ1n) is 6.95. The molecule has 6 nitrogen and oxygen atoms in total. The van der Waals surface area contributed by atoms with E-state index in [1.165, 1.54) is 0 Å². The molecule has 1 aromatic carbocycles. The quantitative estimate of drug-likeness (QED) is 0.779. The van der Waals surface area contributed by atoms with Crippen molar-refractivity contribution in [3.8, 4) is 12.8 Å². The fourth-order valence-electron chi connectivity index (χ4n) is 2.42. The molecule has 0 aliphatic carbocycles. The highest BCUT2D eigenvalue weighted by molar-refractivity contribution is 5.95. The average molecular weight is 302 g/mol. The highest BCUT2D eigenvalue weighted by Crippen LogP contribution is 2.25. The number of hydrogen-bond donors (Lipinski definition) is 0. The van der Waals surface area contributed by atoms with Crippen molar-refractivity contribution in [3.63, 3.8) is 0 Å². The van der Waals surface area contributed by atoms with Gasteiger partial charge in [0.1, 0.15) is 12.7 Å². The predicted molar refractivity (Wildman–Crippen MR) is 82.8 cm³/mol. The van der Waals surface area contributed by atoms with Gasteiger partial charge in [0.2, 0.25) is 0 Å². The number of carbonyl (C=O) groups is 2. The maximum Gasteiger partial charge on any atom is 0.414 e. The summed E-state index contributed by atoms with van der Waals surface area (Å²) in [5.41, 5.74) is 1.60. The Bertz CT molecular complexity index is 538. The summed E-state index contributed by atoms with van der Waals surface area (Å²) in [5, 5.41) is 0. The summed E-state index contributed by atoms with van der Waals surface area (Å²) in [7, 11) is 0. The van der Waals surface area contributed by atoms with Gasteiger partial charge in [0, 0.05) is 17.9 Å². The van der Waals surface area contributed by atoms with E-state index in [1.54, 1.807) is 9.80 Å². The molecular formula is C16H18N2O4. The lowest BCUT2D eigenvalue weighted by Crippen LogP contribution is -2.41. The van der Waals surface area contributed by atoms with Gasteiger partial charge in [0.15, 0.2) is 0 Å². The highest BCUT2D eigenvalue weighted by Gasteiger charge is 2.29. The number of morpholine rings is 1. The SMILES string of the molecule is C#C.C[C@H]1CN(c2ccc(N3CCOCC3=O)cc2)C(=O)O1. The number of carbonyl (C=O) groups excluding carboxylic acids is 2. The lowest BCUT2D eigenvalue weighted by molar-refractivity contribution is -0.125. The van der Waals surface area contributed by atoms with Gasteiger partial charge in [-0.2, -0.15) is 0 Å². The zero-order valence-electron chi connectivity index (χ0n) is 12.4. The molecule has 3 rings (SSSR count). The van der Waals surface area contributed by atoms with Crippen LogP contribution in [0, 0.1) is 12.8 Å². The molecule has 0 aromatic heterocycles. The van der Waals surface area contributed by atoms with Crippen molar-refractivity contribution in [2.24, 2.45) is 0 Å². The van der Waals surface area contributed by atoms with Crippen LogP contribution in [0.4, 0.5) is 16.2 Å². The minimum absolute atomic E-state index is 0.0433. The highest BCUT2D eigenvalue weighted by atomic mass is 16.6. The molecule has 2 fully saturated rings. The summed E-state index contributed by atoms with van der Waals surface area (Å²) in [5.74, 6) is -0.0433. The number of benzene rings is 1. The summed E-state index contributed by atoms with van der Waals surface area (Å²) >= 11 is 0. The fraction of sp³-hybridized carbons (Fsp3) is 0.375. The zero-order chi connectivity index (χ0) is 16.1. The number of terminal acetylenes is 1. The van der Waals surface area contributed by atoms with Gasteiger partial charge in [-0.1, -0.05) is 0 Å². The van der Waals surface area contributed by atoms with E-state index >= 15 is 0 Å². The summed E-state index contributed by atoms with van der Waals surface area (Å²) in [6, 6.07) is 7.35. The van der Waals surface area contributed by atoms with Crippen LogP contribution in [0.25, 0.3) is 0 Å². The van der Waals surface area contributed by atoms with Crippen LogP contribution < -0.4 is 9.80 Å². The Hall–Kier alpha value is -2.52. The van der Waals surface area contributed by atoms with Gasteiger partial charge in [-0.3, -0.25) is 9.69 Å². The Balaban J connectivity index is 0.000000847. The van der Waals surface area contributed by atoms with E-state index in [4.69, 9.17) is 9.47 Å². The van der Waals surface area contributed by atoms with E-state index in [0.717, 1.165) is 11.4 Å². The summed E-state index contributed by atoms with van der Waals surface area (Å²) in [6.45, 7) is 3.63. The molecule has 22 heavy (non-hydrogen) atoms. The topological polar surface area (TPSA) is 59.1 Å². The molecule has 0 spiro atoms. The van der Waals surface area contributed by atoms with Gasteiger partial charge in [-0.05, 0) is 31.2 Å². The molecule has 2 saturated heterocycles. The van der Waals surface area contributed by atoms with Crippen molar-refractivity contribution >= 4 is 23.4 Å². The minimum atomic E-state index is -0.326. The predicted octanol–water partition coefficient (Wildman–Crippen LogP) is 1.64. The number of nitrogens with zero attached hydrogens (tertiary/aromatic N) is 2. The third-order valence-corrected chi connectivity index (χ3v) is 3.42. The fourth-order valence-corrected chi connectivity index (χ4v) is 2.42. The van der Waals surface area contributed by atoms with Crippen molar-refractivity contribution in [1.29, 1.82) is 0 Å². The van der Waals surface area contributed by atoms with Crippen LogP contribution in [-0.4, -0.2) is 44.4 Å². The van der Waals surface area contributed by atoms with E-state index in [0.29, 0.717) is 19.7 Å². The van der Waals surface area contributed by atoms with Crippen molar-refractivity contribution < 1.29 is 19.1 Å². The lowest BCUT2D eigenvalue weighted by atomic mass is 10.2. The molecule has 2 amide bonds. The Morgan fingerprint density at radius 3 is 2.18 bits per heavy atom. The molecular weight excluding hydrogens is 284 g/mol. The Morgan fingerprint density at radius 2 is 1.68 bits per heavy atom. The molecule has 0 N–H and O–H groups in total. The summed E-state index contributed by atoms with van der Waals surface area (Å²) in [4.78, 5) is 26.7. The smallest absolute Gasteiger partial charge is 0.414 e. The first-order chi connectivity index (χ1) is 10.6. The van der Waals surface area contributed by atoms with Crippen LogP contribution >= 0.6 is 0 Å². The van der Waals surface area contributed by atoms with E-state index in [2.05, 4.69) is 12.8 Å². The molecule has 0 unspecified atom stereocenters. The van der Waals surface area contributed by atoms with E-state index in [1.807, 2.05) is 31.2 Å². The number of hydrogen-bond acceptors (Lipinski definition) is 4. The maximum atomic E-state index is 11.7. The molecule has 0 bridgehead atoms. The maximum absolute atomic E-state index is 11.7. The summed E-state index contributed by atoms with van der Waals surface area (Å²) < 4.78 is 10.2. The Morgan fingerprint density at radius 1 is 1.09 bits per heavy atom. The van der Waals surface area contributed by atoms with Crippen LogP contribution in [0.3, 0.4) is 0 Å². The number of rotatable bonds is 2. The minimum Gasteiger partial charge on any atom is -0.444 e. The van der Waals surface area contributed by atoms with Crippen molar-refractivity contribution in [2.45, 2.75) is 13.0 Å². The molecule has 2 aliphatic heterocycles. The summed E-state index contributed by atoms with van der Waals surface area (Å²) in [6.07, 6.45) is 7.58. The van der Waals surface area contributed by atoms with E-state index < -0.39 is 0 Å². The molecule has 2 heterocycles. The van der Waals surface area contributed by atoms with Crippen LogP contribution in [0.15, 0.2) is 24.3 Å². The third kappa shape index (κ3) is 3.21. The van der Waals surface area contributed by atoms with Crippen molar-refractivity contribution in [3.05, 3.63) is 24.3 Å². The van der Waals surface area contributed by atoms with Gasteiger partial charge in [-0.25, -0.2) is 4.79 Å². The second kappa shape index (κ2) is 6.96. The van der Waals surface area contributed by atoms with Crippen LogP contribution in [-0.2, 0) is 14.3 Å². The van der Waals surface area contributed by atoms with E-state index in [9.17, 15) is 9.59 Å². The normalized spacial score (nSPS) is 21.1. The van der Waals surface area contributed by atoms with Crippen LogP contribution in [0.5, 0.6) is 0 Å². The van der Waals surface area contributed by atoms with Gasteiger partial charge >= 0.3 is 6.09 Å². The Labute approximate surface area is 129 Å². The standard InChI is InChI=1S/C14H16N2O4.C2H2/c1-10-8-16(14(18)20-10)12-4-2-11(3-5-12)15-6-7-19-9-13(15)17;1-2/h2-5,10H,6-9H2,1H3;1-2H/t10-;/m0./s1. The second-order valence-corrected chi connectivity index (χ2v) is 4.92. The molecule has 1 aromatic rings. The lowest BCUT2D eigenvalue weighted by Gasteiger charge is -2.27. The first-order valence-corrected chi connectivity index (χ1v) is 6.95. The van der Waals surface area contributed by atoms with Gasteiger partial charge < -0.3 is 14.4 Å². The van der Waals surface area contributed by atoms with Gasteiger partial charge in [-0.15, -0.1) is 12.8 Å². The van der Waals surface area contributed by atoms with Crippen LogP contribution in [0.2, 0.25) is 0 Å². The largest absolute Gasteiger partial charge is 0.444 e. The number of cyclic esters (lactones) is 1. The van der Waals surface area contributed by atoms with E-state index in [-0.39, 0.29) is 24.7 Å². The van der Waals surface area contributed by atoms with Gasteiger partial charge in [0.05, 0.1) is 13.2 Å². The molecule has 1 atom stereocenters. The van der Waals surface area contributed by atoms with Crippen molar-refractivity contribution in [2.75, 3.05) is 36.1 Å². The van der Waals surface area contributed by atoms with Crippen molar-refractivity contribution in [1.82, 2.24) is 0 Å². The molecule has 6 heteroatoms. The Kier molecular flexibility index (Phi) is 5.02.